The van der Waals surface area contributed by atoms with E-state index < -0.39 is 0 Å². The zero-order chi connectivity index (χ0) is 14.7. The molecule has 2 nitrogen and oxygen atoms in total. The summed E-state index contributed by atoms with van der Waals surface area (Å²) in [4.78, 5) is 12.1. The molecular formula is C15H12BrClFNO. The number of amides is 1. The summed E-state index contributed by atoms with van der Waals surface area (Å²) < 4.78 is 13.6. The van der Waals surface area contributed by atoms with Crippen molar-refractivity contribution < 1.29 is 9.18 Å². The molecule has 0 fully saturated rings. The summed E-state index contributed by atoms with van der Waals surface area (Å²) in [5.74, 6) is -0.525. The molecule has 1 atom stereocenters. The minimum atomic E-state index is -0.299. The Morgan fingerprint density at radius 3 is 2.50 bits per heavy atom. The zero-order valence-corrected chi connectivity index (χ0v) is 13.0. The highest BCUT2D eigenvalue weighted by atomic mass is 79.9. The van der Waals surface area contributed by atoms with Crippen LogP contribution >= 0.6 is 27.5 Å². The van der Waals surface area contributed by atoms with Crippen LogP contribution in [0.25, 0.3) is 0 Å². The summed E-state index contributed by atoms with van der Waals surface area (Å²) in [6.45, 7) is 1.84. The van der Waals surface area contributed by atoms with Crippen molar-refractivity contribution in [2.75, 3.05) is 0 Å². The first-order valence-corrected chi connectivity index (χ1v) is 7.16. The monoisotopic (exact) mass is 355 g/mol. The standard InChI is InChI=1S/C15H12BrClFNO/c1-9(10-2-5-12(18)6-3-10)19-15(20)11-4-7-13(16)14(17)8-11/h2-9H,1H3,(H,19,20). The molecule has 104 valence electrons. The van der Waals surface area contributed by atoms with Crippen LogP contribution in [0.2, 0.25) is 5.02 Å². The minimum Gasteiger partial charge on any atom is -0.346 e. The molecule has 0 aliphatic rings. The number of nitrogens with one attached hydrogen (secondary N) is 1. The number of benzene rings is 2. The lowest BCUT2D eigenvalue weighted by atomic mass is 10.1. The van der Waals surface area contributed by atoms with Gasteiger partial charge < -0.3 is 5.32 Å². The Hall–Kier alpha value is -1.39. The van der Waals surface area contributed by atoms with Crippen molar-refractivity contribution in [1.82, 2.24) is 5.32 Å². The number of carbonyl (C=O) groups excluding carboxylic acids is 1. The fourth-order valence-corrected chi connectivity index (χ4v) is 2.18. The topological polar surface area (TPSA) is 29.1 Å². The van der Waals surface area contributed by atoms with Gasteiger partial charge in [-0.2, -0.15) is 0 Å². The van der Waals surface area contributed by atoms with Gasteiger partial charge in [-0.1, -0.05) is 23.7 Å². The summed E-state index contributed by atoms with van der Waals surface area (Å²) >= 11 is 9.23. The maximum atomic E-state index is 12.9. The molecule has 1 N–H and O–H groups in total. The first-order chi connectivity index (χ1) is 9.47. The molecule has 2 rings (SSSR count). The molecule has 0 aliphatic heterocycles. The van der Waals surface area contributed by atoms with Gasteiger partial charge >= 0.3 is 0 Å². The van der Waals surface area contributed by atoms with Crippen molar-refractivity contribution in [1.29, 1.82) is 0 Å². The van der Waals surface area contributed by atoms with E-state index in [-0.39, 0.29) is 17.8 Å². The Bertz CT molecular complexity index is 630. The van der Waals surface area contributed by atoms with E-state index in [2.05, 4.69) is 21.2 Å². The molecule has 0 heterocycles. The zero-order valence-electron chi connectivity index (χ0n) is 10.7. The smallest absolute Gasteiger partial charge is 0.251 e. The van der Waals surface area contributed by atoms with Gasteiger partial charge in [-0.25, -0.2) is 4.39 Å². The van der Waals surface area contributed by atoms with Crippen molar-refractivity contribution in [2.24, 2.45) is 0 Å². The highest BCUT2D eigenvalue weighted by Crippen LogP contribution is 2.23. The average Bonchev–Trinajstić information content (AvgIpc) is 2.42. The number of halogens is 3. The fraction of sp³-hybridized carbons (Fsp3) is 0.133. The van der Waals surface area contributed by atoms with Crippen LogP contribution in [0, 0.1) is 5.82 Å². The Labute approximate surface area is 130 Å². The highest BCUT2D eigenvalue weighted by molar-refractivity contribution is 9.10. The molecule has 5 heteroatoms. The van der Waals surface area contributed by atoms with E-state index >= 15 is 0 Å². The first-order valence-electron chi connectivity index (χ1n) is 5.99. The van der Waals surface area contributed by atoms with E-state index in [0.29, 0.717) is 10.6 Å². The van der Waals surface area contributed by atoms with Crippen molar-refractivity contribution in [3.8, 4) is 0 Å². The van der Waals surface area contributed by atoms with Gasteiger partial charge in [0.15, 0.2) is 0 Å². The molecule has 0 saturated heterocycles. The van der Waals surface area contributed by atoms with Gasteiger partial charge in [0.25, 0.3) is 5.91 Å². The quantitative estimate of drug-likeness (QED) is 0.846. The van der Waals surface area contributed by atoms with Crippen LogP contribution in [-0.2, 0) is 0 Å². The van der Waals surface area contributed by atoms with Gasteiger partial charge in [0.05, 0.1) is 11.1 Å². The lowest BCUT2D eigenvalue weighted by molar-refractivity contribution is 0.0940. The van der Waals surface area contributed by atoms with Gasteiger partial charge in [0.2, 0.25) is 0 Å². The van der Waals surface area contributed by atoms with Crippen LogP contribution in [0.15, 0.2) is 46.9 Å². The second-order valence-electron chi connectivity index (χ2n) is 4.38. The Kier molecular flexibility index (Phi) is 4.78. The van der Waals surface area contributed by atoms with Crippen LogP contribution in [0.1, 0.15) is 28.9 Å². The van der Waals surface area contributed by atoms with Crippen molar-refractivity contribution in [3.63, 3.8) is 0 Å². The molecule has 2 aromatic rings. The predicted molar refractivity (Wildman–Crippen MR) is 81.4 cm³/mol. The SMILES string of the molecule is CC(NC(=O)c1ccc(Br)c(Cl)c1)c1ccc(F)cc1. The van der Waals surface area contributed by atoms with Gasteiger partial charge in [-0.05, 0) is 58.7 Å². The Morgan fingerprint density at radius 1 is 1.25 bits per heavy atom. The van der Waals surface area contributed by atoms with Crippen LogP contribution < -0.4 is 5.32 Å². The number of rotatable bonds is 3. The van der Waals surface area contributed by atoms with Gasteiger partial charge in [0, 0.05) is 10.0 Å². The van der Waals surface area contributed by atoms with E-state index in [0.717, 1.165) is 10.0 Å². The number of carbonyl (C=O) groups is 1. The highest BCUT2D eigenvalue weighted by Gasteiger charge is 2.12. The summed E-state index contributed by atoms with van der Waals surface area (Å²) in [6.07, 6.45) is 0. The molecule has 0 radical (unpaired) electrons. The third-order valence-corrected chi connectivity index (χ3v) is 4.13. The lowest BCUT2D eigenvalue weighted by Crippen LogP contribution is -2.26. The largest absolute Gasteiger partial charge is 0.346 e. The molecule has 0 aromatic heterocycles. The Morgan fingerprint density at radius 2 is 1.90 bits per heavy atom. The summed E-state index contributed by atoms with van der Waals surface area (Å²) in [6, 6.07) is 10.8. The molecule has 1 amide bonds. The van der Waals surface area contributed by atoms with Crippen molar-refractivity contribution >= 4 is 33.4 Å². The molecule has 0 bridgehead atoms. The molecule has 0 saturated carbocycles. The second kappa shape index (κ2) is 6.37. The van der Waals surface area contributed by atoms with Gasteiger partial charge in [0.1, 0.15) is 5.82 Å². The van der Waals surface area contributed by atoms with Crippen LogP contribution in [0.3, 0.4) is 0 Å². The van der Waals surface area contributed by atoms with Gasteiger partial charge in [-0.3, -0.25) is 4.79 Å². The normalized spacial score (nSPS) is 12.0. The Balaban J connectivity index is 2.10. The second-order valence-corrected chi connectivity index (χ2v) is 5.64. The van der Waals surface area contributed by atoms with Crippen LogP contribution in [-0.4, -0.2) is 5.91 Å². The third-order valence-electron chi connectivity index (χ3n) is 2.90. The first kappa shape index (κ1) is 15.0. The van der Waals surface area contributed by atoms with E-state index in [1.807, 2.05) is 6.92 Å². The van der Waals surface area contributed by atoms with Gasteiger partial charge in [-0.15, -0.1) is 0 Å². The minimum absolute atomic E-state index is 0.217. The van der Waals surface area contributed by atoms with Crippen LogP contribution in [0.4, 0.5) is 4.39 Å². The molecule has 0 spiro atoms. The molecule has 20 heavy (non-hydrogen) atoms. The summed E-state index contributed by atoms with van der Waals surface area (Å²) in [5.41, 5.74) is 1.31. The average molecular weight is 357 g/mol. The van der Waals surface area contributed by atoms with Crippen molar-refractivity contribution in [3.05, 3.63) is 68.9 Å². The third kappa shape index (κ3) is 3.58. The fourth-order valence-electron chi connectivity index (χ4n) is 1.75. The maximum Gasteiger partial charge on any atom is 0.251 e. The molecule has 0 aliphatic carbocycles. The predicted octanol–water partition coefficient (Wildman–Crippen LogP) is 4.73. The maximum absolute atomic E-state index is 12.9. The van der Waals surface area contributed by atoms with Crippen LogP contribution in [0.5, 0.6) is 0 Å². The van der Waals surface area contributed by atoms with E-state index in [1.165, 1.54) is 12.1 Å². The number of hydrogen-bond acceptors (Lipinski definition) is 1. The van der Waals surface area contributed by atoms with E-state index in [1.54, 1.807) is 30.3 Å². The van der Waals surface area contributed by atoms with E-state index in [9.17, 15) is 9.18 Å². The molecule has 1 unspecified atom stereocenters. The summed E-state index contributed by atoms with van der Waals surface area (Å²) in [5, 5.41) is 3.32. The van der Waals surface area contributed by atoms with Crippen molar-refractivity contribution in [2.45, 2.75) is 13.0 Å². The lowest BCUT2D eigenvalue weighted by Gasteiger charge is -2.14. The summed E-state index contributed by atoms with van der Waals surface area (Å²) in [7, 11) is 0. The molecule has 2 aromatic carbocycles. The molecular weight excluding hydrogens is 345 g/mol. The number of hydrogen-bond donors (Lipinski definition) is 1. The van der Waals surface area contributed by atoms with E-state index in [4.69, 9.17) is 11.6 Å².